The van der Waals surface area contributed by atoms with Crippen LogP contribution < -0.4 is 0 Å². The first-order valence-electron chi connectivity index (χ1n) is 7.43. The predicted molar refractivity (Wildman–Crippen MR) is 84.2 cm³/mol. The highest BCUT2D eigenvalue weighted by atomic mass is 16.5. The highest BCUT2D eigenvalue weighted by Crippen LogP contribution is 2.18. The fourth-order valence-corrected chi connectivity index (χ4v) is 2.55. The molecule has 1 aromatic rings. The summed E-state index contributed by atoms with van der Waals surface area (Å²) in [5, 5.41) is 10.4. The molecular weight excluding hydrogens is 266 g/mol. The summed E-state index contributed by atoms with van der Waals surface area (Å²) in [7, 11) is 1.40. The third kappa shape index (κ3) is 5.48. The lowest BCUT2D eigenvalue weighted by atomic mass is 10.0. The third-order valence-corrected chi connectivity index (χ3v) is 3.64. The zero-order valence-electron chi connectivity index (χ0n) is 13.7. The van der Waals surface area contributed by atoms with E-state index in [2.05, 4.69) is 11.0 Å². The Labute approximate surface area is 127 Å². The summed E-state index contributed by atoms with van der Waals surface area (Å²) in [6, 6.07) is 6.11. The molecule has 0 aliphatic carbocycles. The van der Waals surface area contributed by atoms with E-state index in [1.807, 2.05) is 39.8 Å². The van der Waals surface area contributed by atoms with Gasteiger partial charge in [-0.15, -0.1) is 0 Å². The first kappa shape index (κ1) is 17.7. The first-order valence-corrected chi connectivity index (χ1v) is 7.43. The predicted octanol–water partition coefficient (Wildman–Crippen LogP) is 2.47. The van der Waals surface area contributed by atoms with E-state index in [-0.39, 0.29) is 11.9 Å². The smallest absolute Gasteiger partial charge is 0.309 e. The zero-order valence-corrected chi connectivity index (χ0v) is 13.7. The van der Waals surface area contributed by atoms with E-state index in [1.54, 1.807) is 0 Å². The van der Waals surface area contributed by atoms with Crippen molar-refractivity contribution in [3.63, 3.8) is 0 Å². The van der Waals surface area contributed by atoms with Crippen molar-refractivity contribution in [1.82, 2.24) is 4.90 Å². The van der Waals surface area contributed by atoms with Gasteiger partial charge in [-0.25, -0.2) is 0 Å². The highest BCUT2D eigenvalue weighted by molar-refractivity contribution is 5.72. The normalized spacial score (nSPS) is 14.0. The van der Waals surface area contributed by atoms with Gasteiger partial charge in [0, 0.05) is 13.1 Å². The Morgan fingerprint density at radius 1 is 1.24 bits per heavy atom. The van der Waals surface area contributed by atoms with Crippen LogP contribution in [-0.4, -0.2) is 42.7 Å². The van der Waals surface area contributed by atoms with Crippen LogP contribution in [0.2, 0.25) is 0 Å². The van der Waals surface area contributed by atoms with Crippen LogP contribution in [0.1, 0.15) is 36.6 Å². The van der Waals surface area contributed by atoms with Gasteiger partial charge in [-0.1, -0.05) is 43.2 Å². The van der Waals surface area contributed by atoms with Gasteiger partial charge in [0.05, 0.1) is 19.1 Å². The Bertz CT molecular complexity index is 453. The Morgan fingerprint density at radius 2 is 1.81 bits per heavy atom. The molecule has 0 aromatic heterocycles. The molecule has 0 saturated carbocycles. The van der Waals surface area contributed by atoms with E-state index < -0.39 is 6.10 Å². The number of carbonyl (C=O) groups is 1. The van der Waals surface area contributed by atoms with Crippen molar-refractivity contribution in [3.8, 4) is 0 Å². The topological polar surface area (TPSA) is 49.8 Å². The van der Waals surface area contributed by atoms with Crippen LogP contribution in [0.3, 0.4) is 0 Å². The molecule has 0 heterocycles. The minimum Gasteiger partial charge on any atom is -0.469 e. The van der Waals surface area contributed by atoms with Gasteiger partial charge in [0.1, 0.15) is 0 Å². The van der Waals surface area contributed by atoms with Gasteiger partial charge >= 0.3 is 5.97 Å². The molecule has 21 heavy (non-hydrogen) atoms. The molecule has 1 rings (SSSR count). The number of benzene rings is 1. The minimum atomic E-state index is -0.548. The van der Waals surface area contributed by atoms with Crippen molar-refractivity contribution >= 4 is 5.97 Å². The van der Waals surface area contributed by atoms with Crippen molar-refractivity contribution in [2.75, 3.05) is 26.7 Å². The number of esters is 1. The number of methoxy groups -OCH3 is 1. The van der Waals surface area contributed by atoms with Gasteiger partial charge in [-0.05, 0) is 26.0 Å². The van der Waals surface area contributed by atoms with Crippen molar-refractivity contribution in [2.24, 2.45) is 5.92 Å². The molecule has 0 amide bonds. The SMILES string of the molecule is CCN(CC(C)C(=O)OC)CC(O)c1cc(C)cc(C)c1. The van der Waals surface area contributed by atoms with Crippen LogP contribution in [-0.2, 0) is 9.53 Å². The minimum absolute atomic E-state index is 0.193. The third-order valence-electron chi connectivity index (χ3n) is 3.64. The molecule has 0 spiro atoms. The fourth-order valence-electron chi connectivity index (χ4n) is 2.55. The molecule has 2 unspecified atom stereocenters. The van der Waals surface area contributed by atoms with Gasteiger partial charge in [0.15, 0.2) is 0 Å². The van der Waals surface area contributed by atoms with Crippen LogP contribution in [0.25, 0.3) is 0 Å². The fraction of sp³-hybridized carbons (Fsp3) is 0.588. The average molecular weight is 293 g/mol. The molecule has 0 bridgehead atoms. The number of aryl methyl sites for hydroxylation is 2. The molecule has 4 heteroatoms. The molecule has 1 aromatic carbocycles. The molecule has 118 valence electrons. The highest BCUT2D eigenvalue weighted by Gasteiger charge is 2.19. The van der Waals surface area contributed by atoms with Crippen LogP contribution >= 0.6 is 0 Å². The van der Waals surface area contributed by atoms with Gasteiger partial charge in [0.25, 0.3) is 0 Å². The standard InChI is InChI=1S/C17H27NO3/c1-6-18(10-14(4)17(20)21-5)11-16(19)15-8-12(2)7-13(3)9-15/h7-9,14,16,19H,6,10-11H2,1-5H3. The number of carbonyl (C=O) groups excluding carboxylic acids is 1. The van der Waals surface area contributed by atoms with Crippen molar-refractivity contribution in [1.29, 1.82) is 0 Å². The second kappa shape index (κ2) is 8.15. The summed E-state index contributed by atoms with van der Waals surface area (Å²) in [6.07, 6.45) is -0.548. The number of aliphatic hydroxyl groups is 1. The van der Waals surface area contributed by atoms with Crippen LogP contribution in [0, 0.1) is 19.8 Å². The van der Waals surface area contributed by atoms with Gasteiger partial charge in [-0.2, -0.15) is 0 Å². The second-order valence-corrected chi connectivity index (χ2v) is 5.71. The molecule has 0 aliphatic rings. The summed E-state index contributed by atoms with van der Waals surface area (Å²) in [5.74, 6) is -0.407. The molecular formula is C17H27NO3. The Hall–Kier alpha value is -1.39. The summed E-state index contributed by atoms with van der Waals surface area (Å²) < 4.78 is 4.75. The van der Waals surface area contributed by atoms with E-state index >= 15 is 0 Å². The summed E-state index contributed by atoms with van der Waals surface area (Å²) in [6.45, 7) is 9.81. The van der Waals surface area contributed by atoms with Crippen molar-refractivity contribution in [2.45, 2.75) is 33.8 Å². The van der Waals surface area contributed by atoms with Gasteiger partial charge in [0.2, 0.25) is 0 Å². The number of rotatable bonds is 7. The second-order valence-electron chi connectivity index (χ2n) is 5.71. The van der Waals surface area contributed by atoms with Crippen molar-refractivity contribution in [3.05, 3.63) is 34.9 Å². The van der Waals surface area contributed by atoms with Crippen molar-refractivity contribution < 1.29 is 14.6 Å². The molecule has 0 radical (unpaired) electrons. The van der Waals surface area contributed by atoms with E-state index in [4.69, 9.17) is 4.74 Å². The Balaban J connectivity index is 2.69. The summed E-state index contributed by atoms with van der Waals surface area (Å²) in [4.78, 5) is 13.6. The number of likely N-dealkylation sites (N-methyl/N-ethyl adjacent to an activating group) is 1. The Morgan fingerprint density at radius 3 is 2.29 bits per heavy atom. The lowest BCUT2D eigenvalue weighted by Crippen LogP contribution is -2.35. The number of aliphatic hydroxyl groups excluding tert-OH is 1. The summed E-state index contributed by atoms with van der Waals surface area (Å²) >= 11 is 0. The van der Waals surface area contributed by atoms with Gasteiger partial charge in [-0.3, -0.25) is 9.69 Å². The largest absolute Gasteiger partial charge is 0.469 e. The zero-order chi connectivity index (χ0) is 16.0. The Kier molecular flexibility index (Phi) is 6.85. The molecule has 0 fully saturated rings. The quantitative estimate of drug-likeness (QED) is 0.785. The van der Waals surface area contributed by atoms with E-state index in [0.717, 1.165) is 23.2 Å². The van der Waals surface area contributed by atoms with Gasteiger partial charge < -0.3 is 9.84 Å². The molecule has 4 nitrogen and oxygen atoms in total. The maximum Gasteiger partial charge on any atom is 0.309 e. The first-order chi connectivity index (χ1) is 9.87. The number of hydrogen-bond donors (Lipinski definition) is 1. The van der Waals surface area contributed by atoms with E-state index in [9.17, 15) is 9.90 Å². The van der Waals surface area contributed by atoms with E-state index in [0.29, 0.717) is 13.1 Å². The number of hydrogen-bond acceptors (Lipinski definition) is 4. The maximum atomic E-state index is 11.5. The molecule has 1 N–H and O–H groups in total. The lowest BCUT2D eigenvalue weighted by molar-refractivity contribution is -0.145. The van der Waals surface area contributed by atoms with Crippen LogP contribution in [0.15, 0.2) is 18.2 Å². The average Bonchev–Trinajstić information content (AvgIpc) is 2.44. The number of nitrogens with zero attached hydrogens (tertiary/aromatic N) is 1. The van der Waals surface area contributed by atoms with E-state index in [1.165, 1.54) is 7.11 Å². The maximum absolute atomic E-state index is 11.5. The summed E-state index contributed by atoms with van der Waals surface area (Å²) in [5.41, 5.74) is 3.22. The molecule has 0 saturated heterocycles. The number of ether oxygens (including phenoxy) is 1. The molecule has 2 atom stereocenters. The molecule has 0 aliphatic heterocycles. The monoisotopic (exact) mass is 293 g/mol. The lowest BCUT2D eigenvalue weighted by Gasteiger charge is -2.26. The van der Waals surface area contributed by atoms with Crippen LogP contribution in [0.4, 0.5) is 0 Å². The van der Waals surface area contributed by atoms with Crippen LogP contribution in [0.5, 0.6) is 0 Å².